The van der Waals surface area contributed by atoms with Gasteiger partial charge in [0.15, 0.2) is 0 Å². The van der Waals surface area contributed by atoms with Crippen LogP contribution in [0.3, 0.4) is 0 Å². The smallest absolute Gasteiger partial charge is 0.119 e. The van der Waals surface area contributed by atoms with E-state index in [1.165, 1.54) is 36.8 Å². The summed E-state index contributed by atoms with van der Waals surface area (Å²) in [4.78, 5) is 0. The van der Waals surface area contributed by atoms with Gasteiger partial charge in [0.05, 0.1) is 6.61 Å². The largest absolute Gasteiger partial charge is 0.494 e. The molecule has 1 aliphatic rings. The van der Waals surface area contributed by atoms with E-state index in [0.29, 0.717) is 6.04 Å². The highest BCUT2D eigenvalue weighted by Gasteiger charge is 2.09. The van der Waals surface area contributed by atoms with Gasteiger partial charge in [-0.3, -0.25) is 0 Å². The van der Waals surface area contributed by atoms with Gasteiger partial charge in [-0.1, -0.05) is 6.07 Å². The monoisotopic (exact) mass is 233 g/mol. The molecule has 1 aliphatic carbocycles. The van der Waals surface area contributed by atoms with Gasteiger partial charge in [-0.05, 0) is 69.3 Å². The summed E-state index contributed by atoms with van der Waals surface area (Å²) in [7, 11) is 1.99. The molecule has 0 bridgehead atoms. The van der Waals surface area contributed by atoms with Crippen LogP contribution in [-0.2, 0) is 12.8 Å². The van der Waals surface area contributed by atoms with E-state index in [1.807, 2.05) is 7.05 Å². The highest BCUT2D eigenvalue weighted by atomic mass is 16.5. The van der Waals surface area contributed by atoms with Crippen molar-refractivity contribution in [3.63, 3.8) is 0 Å². The average Bonchev–Trinajstić information content (AvgIpc) is 2.38. The van der Waals surface area contributed by atoms with Crippen molar-refractivity contribution in [1.82, 2.24) is 5.32 Å². The molecule has 0 aliphatic heterocycles. The molecule has 94 valence electrons. The molecular weight excluding hydrogens is 210 g/mol. The molecule has 1 aromatic carbocycles. The normalized spacial score (nSPS) is 16.4. The lowest BCUT2D eigenvalue weighted by atomic mass is 9.92. The van der Waals surface area contributed by atoms with E-state index in [2.05, 4.69) is 30.4 Å². The van der Waals surface area contributed by atoms with Gasteiger partial charge >= 0.3 is 0 Å². The number of benzene rings is 1. The SMILES string of the molecule is CNC(C)CCOc1ccc2c(c1)CCCC2. The van der Waals surface area contributed by atoms with Crippen LogP contribution in [0.15, 0.2) is 18.2 Å². The Morgan fingerprint density at radius 2 is 2.00 bits per heavy atom. The Labute approximate surface area is 104 Å². The Bertz CT molecular complexity index is 362. The van der Waals surface area contributed by atoms with Gasteiger partial charge in [0.2, 0.25) is 0 Å². The first-order valence-corrected chi connectivity index (χ1v) is 6.71. The molecule has 1 atom stereocenters. The van der Waals surface area contributed by atoms with Crippen LogP contribution >= 0.6 is 0 Å². The van der Waals surface area contributed by atoms with Crippen LogP contribution in [0.4, 0.5) is 0 Å². The van der Waals surface area contributed by atoms with Crippen molar-refractivity contribution in [2.45, 2.75) is 45.1 Å². The van der Waals surface area contributed by atoms with Crippen LogP contribution in [0, 0.1) is 0 Å². The van der Waals surface area contributed by atoms with Crippen molar-refractivity contribution in [2.75, 3.05) is 13.7 Å². The zero-order chi connectivity index (χ0) is 12.1. The number of aryl methyl sites for hydroxylation is 2. The van der Waals surface area contributed by atoms with E-state index in [0.717, 1.165) is 18.8 Å². The molecule has 0 saturated carbocycles. The van der Waals surface area contributed by atoms with Crippen LogP contribution in [-0.4, -0.2) is 19.7 Å². The second-order valence-electron chi connectivity index (χ2n) is 4.96. The summed E-state index contributed by atoms with van der Waals surface area (Å²) >= 11 is 0. The molecule has 0 heterocycles. The summed E-state index contributed by atoms with van der Waals surface area (Å²) in [5.74, 6) is 1.04. The first-order chi connectivity index (χ1) is 8.29. The summed E-state index contributed by atoms with van der Waals surface area (Å²) in [6.07, 6.45) is 6.18. The Balaban J connectivity index is 1.89. The molecule has 2 nitrogen and oxygen atoms in total. The van der Waals surface area contributed by atoms with E-state index < -0.39 is 0 Å². The molecular formula is C15H23NO. The lowest BCUT2D eigenvalue weighted by Crippen LogP contribution is -2.23. The predicted molar refractivity (Wildman–Crippen MR) is 71.7 cm³/mol. The molecule has 1 N–H and O–H groups in total. The number of ether oxygens (including phenoxy) is 1. The van der Waals surface area contributed by atoms with Crippen molar-refractivity contribution >= 4 is 0 Å². The minimum Gasteiger partial charge on any atom is -0.494 e. The molecule has 0 spiro atoms. The van der Waals surface area contributed by atoms with Crippen LogP contribution < -0.4 is 10.1 Å². The number of hydrogen-bond acceptors (Lipinski definition) is 2. The average molecular weight is 233 g/mol. The molecule has 2 heteroatoms. The van der Waals surface area contributed by atoms with Crippen molar-refractivity contribution < 1.29 is 4.74 Å². The zero-order valence-corrected chi connectivity index (χ0v) is 11.0. The van der Waals surface area contributed by atoms with Gasteiger partial charge in [-0.25, -0.2) is 0 Å². The predicted octanol–water partition coefficient (Wildman–Crippen LogP) is 2.94. The van der Waals surface area contributed by atoms with E-state index in [-0.39, 0.29) is 0 Å². The van der Waals surface area contributed by atoms with Crippen LogP contribution in [0.25, 0.3) is 0 Å². The number of rotatable bonds is 5. The Morgan fingerprint density at radius 1 is 1.24 bits per heavy atom. The second kappa shape index (κ2) is 6.06. The molecule has 0 radical (unpaired) electrons. The Kier molecular flexibility index (Phi) is 4.43. The summed E-state index contributed by atoms with van der Waals surface area (Å²) < 4.78 is 5.80. The minimum absolute atomic E-state index is 0.521. The Hall–Kier alpha value is -1.02. The lowest BCUT2D eigenvalue weighted by molar-refractivity contribution is 0.293. The van der Waals surface area contributed by atoms with E-state index >= 15 is 0 Å². The van der Waals surface area contributed by atoms with Crippen molar-refractivity contribution in [3.05, 3.63) is 29.3 Å². The summed E-state index contributed by atoms with van der Waals surface area (Å²) in [5, 5.41) is 3.22. The Morgan fingerprint density at radius 3 is 2.76 bits per heavy atom. The number of nitrogens with one attached hydrogen (secondary N) is 1. The molecule has 1 aromatic rings. The molecule has 0 fully saturated rings. The van der Waals surface area contributed by atoms with Gasteiger partial charge < -0.3 is 10.1 Å². The van der Waals surface area contributed by atoms with Gasteiger partial charge in [-0.15, -0.1) is 0 Å². The van der Waals surface area contributed by atoms with Crippen molar-refractivity contribution in [3.8, 4) is 5.75 Å². The molecule has 0 amide bonds. The summed E-state index contributed by atoms with van der Waals surface area (Å²) in [6.45, 7) is 2.97. The molecule has 1 unspecified atom stereocenters. The minimum atomic E-state index is 0.521. The molecule has 2 rings (SSSR count). The van der Waals surface area contributed by atoms with E-state index in [4.69, 9.17) is 4.74 Å². The fraction of sp³-hybridized carbons (Fsp3) is 0.600. The van der Waals surface area contributed by atoms with Crippen molar-refractivity contribution in [2.24, 2.45) is 0 Å². The fourth-order valence-electron chi connectivity index (χ4n) is 2.30. The first-order valence-electron chi connectivity index (χ1n) is 6.71. The van der Waals surface area contributed by atoms with E-state index in [9.17, 15) is 0 Å². The standard InChI is InChI=1S/C15H23NO/c1-12(16-2)9-10-17-15-8-7-13-5-3-4-6-14(13)11-15/h7-8,11-12,16H,3-6,9-10H2,1-2H3. The molecule has 0 saturated heterocycles. The van der Waals surface area contributed by atoms with Gasteiger partial charge in [-0.2, -0.15) is 0 Å². The van der Waals surface area contributed by atoms with Gasteiger partial charge in [0.1, 0.15) is 5.75 Å². The fourth-order valence-corrected chi connectivity index (χ4v) is 2.30. The van der Waals surface area contributed by atoms with Crippen molar-refractivity contribution in [1.29, 1.82) is 0 Å². The third-order valence-corrected chi connectivity index (χ3v) is 3.63. The maximum Gasteiger partial charge on any atom is 0.119 e. The lowest BCUT2D eigenvalue weighted by Gasteiger charge is -2.17. The van der Waals surface area contributed by atoms with Gasteiger partial charge in [0, 0.05) is 6.04 Å². The number of fused-ring (bicyclic) bond motifs is 1. The van der Waals surface area contributed by atoms with Crippen LogP contribution in [0.1, 0.15) is 37.3 Å². The zero-order valence-electron chi connectivity index (χ0n) is 11.0. The van der Waals surface area contributed by atoms with Gasteiger partial charge in [0.25, 0.3) is 0 Å². The number of hydrogen-bond donors (Lipinski definition) is 1. The summed E-state index contributed by atoms with van der Waals surface area (Å²) in [6, 6.07) is 7.12. The summed E-state index contributed by atoms with van der Waals surface area (Å²) in [5.41, 5.74) is 3.02. The highest BCUT2D eigenvalue weighted by Crippen LogP contribution is 2.25. The highest BCUT2D eigenvalue weighted by molar-refractivity contribution is 5.37. The first kappa shape index (κ1) is 12.4. The molecule has 0 aromatic heterocycles. The van der Waals surface area contributed by atoms with Crippen LogP contribution in [0.5, 0.6) is 5.75 Å². The van der Waals surface area contributed by atoms with E-state index in [1.54, 1.807) is 0 Å². The second-order valence-corrected chi connectivity index (χ2v) is 4.96. The third-order valence-electron chi connectivity index (χ3n) is 3.63. The maximum absolute atomic E-state index is 5.80. The van der Waals surface area contributed by atoms with Crippen LogP contribution in [0.2, 0.25) is 0 Å². The quantitative estimate of drug-likeness (QED) is 0.844. The third kappa shape index (κ3) is 3.47. The molecule has 17 heavy (non-hydrogen) atoms. The topological polar surface area (TPSA) is 21.3 Å². The maximum atomic E-state index is 5.80.